The summed E-state index contributed by atoms with van der Waals surface area (Å²) >= 11 is 1.11. The van der Waals surface area contributed by atoms with Crippen molar-refractivity contribution in [1.29, 1.82) is 0 Å². The zero-order valence-electron chi connectivity index (χ0n) is 8.78. The van der Waals surface area contributed by atoms with Crippen LogP contribution in [0.25, 0.3) is 0 Å². The number of hydrogen-bond donors (Lipinski definition) is 2. The molecule has 0 aliphatic heterocycles. The van der Waals surface area contributed by atoms with Crippen LogP contribution in [0.15, 0.2) is 0 Å². The number of rotatable bonds is 3. The molecule has 3 N–H and O–H groups in total. The van der Waals surface area contributed by atoms with E-state index in [0.717, 1.165) is 11.3 Å². The van der Waals surface area contributed by atoms with Crippen molar-refractivity contribution in [3.8, 4) is 0 Å². The van der Waals surface area contributed by atoms with Crippen LogP contribution in [0.3, 0.4) is 0 Å². The Hall–Kier alpha value is -1.17. The summed E-state index contributed by atoms with van der Waals surface area (Å²) in [5.74, 6) is 0.415. The first-order valence-electron chi connectivity index (χ1n) is 4.86. The van der Waals surface area contributed by atoms with E-state index < -0.39 is 0 Å². The van der Waals surface area contributed by atoms with Crippen molar-refractivity contribution in [2.24, 2.45) is 11.3 Å². The van der Waals surface area contributed by atoms with Crippen LogP contribution in [0.2, 0.25) is 0 Å². The monoisotopic (exact) mass is 226 g/mol. The third-order valence-corrected chi connectivity index (χ3v) is 3.61. The number of amides is 1. The zero-order valence-corrected chi connectivity index (χ0v) is 9.60. The predicted molar refractivity (Wildman–Crippen MR) is 58.5 cm³/mol. The Balaban J connectivity index is 1.83. The third-order valence-electron chi connectivity index (χ3n) is 2.86. The number of anilines is 1. The Morgan fingerprint density at radius 1 is 1.67 bits per heavy atom. The fraction of sp³-hybridized carbons (Fsp3) is 0.667. The van der Waals surface area contributed by atoms with Gasteiger partial charge in [-0.25, -0.2) is 0 Å². The molecule has 0 bridgehead atoms. The van der Waals surface area contributed by atoms with Crippen LogP contribution in [0, 0.1) is 11.3 Å². The highest BCUT2D eigenvalue weighted by Gasteiger charge is 2.45. The molecule has 1 atom stereocenters. The van der Waals surface area contributed by atoms with Crippen LogP contribution in [0.1, 0.15) is 30.1 Å². The second-order valence-corrected chi connectivity index (χ2v) is 5.55. The number of aromatic nitrogens is 2. The van der Waals surface area contributed by atoms with Gasteiger partial charge in [0.1, 0.15) is 0 Å². The van der Waals surface area contributed by atoms with Crippen molar-refractivity contribution >= 4 is 22.4 Å². The van der Waals surface area contributed by atoms with E-state index in [1.54, 1.807) is 0 Å². The van der Waals surface area contributed by atoms with Gasteiger partial charge in [-0.1, -0.05) is 25.2 Å². The summed E-state index contributed by atoms with van der Waals surface area (Å²) in [7, 11) is 0. The summed E-state index contributed by atoms with van der Waals surface area (Å²) < 4.78 is 0. The molecule has 1 unspecified atom stereocenters. The Morgan fingerprint density at radius 2 is 2.33 bits per heavy atom. The summed E-state index contributed by atoms with van der Waals surface area (Å²) in [5, 5.41) is 10.8. The number of carbonyl (C=O) groups is 1. The number of nitrogens with one attached hydrogen (secondary N) is 1. The van der Waals surface area contributed by atoms with Gasteiger partial charge < -0.3 is 11.1 Å². The van der Waals surface area contributed by atoms with E-state index >= 15 is 0 Å². The van der Waals surface area contributed by atoms with Gasteiger partial charge in [0.15, 0.2) is 0 Å². The van der Waals surface area contributed by atoms with Gasteiger partial charge >= 0.3 is 0 Å². The van der Waals surface area contributed by atoms with E-state index in [1.165, 1.54) is 6.42 Å². The van der Waals surface area contributed by atoms with Crippen LogP contribution in [0.5, 0.6) is 0 Å². The lowest BCUT2D eigenvalue weighted by Crippen LogP contribution is -2.26. The Morgan fingerprint density at radius 3 is 2.80 bits per heavy atom. The summed E-state index contributed by atoms with van der Waals surface area (Å²) in [6.07, 6.45) is 1.17. The minimum atomic E-state index is -0.174. The average molecular weight is 226 g/mol. The molecule has 0 spiro atoms. The van der Waals surface area contributed by atoms with E-state index in [9.17, 15) is 4.79 Å². The highest BCUT2D eigenvalue weighted by molar-refractivity contribution is 7.16. The molecule has 1 saturated carbocycles. The second-order valence-electron chi connectivity index (χ2n) is 4.55. The molecule has 82 valence electrons. The number of nitrogen functional groups attached to an aromatic ring is 1. The molecule has 6 heteroatoms. The molecule has 1 aliphatic rings. The standard InChI is InChI=1S/C9H14N4OS/c1-9(2)3-5(9)4-11-6(14)7-12-13-8(10)15-7/h5H,3-4H2,1-2H3,(H2,10,13)(H,11,14). The molecule has 1 heterocycles. The topological polar surface area (TPSA) is 80.9 Å². The van der Waals surface area contributed by atoms with Gasteiger partial charge in [-0.3, -0.25) is 4.79 Å². The summed E-state index contributed by atoms with van der Waals surface area (Å²) in [4.78, 5) is 11.5. The Kier molecular flexibility index (Phi) is 2.38. The molecule has 1 aromatic rings. The molecular formula is C9H14N4OS. The average Bonchev–Trinajstić information content (AvgIpc) is 2.59. The van der Waals surface area contributed by atoms with Gasteiger partial charge in [-0.2, -0.15) is 0 Å². The maximum Gasteiger partial charge on any atom is 0.282 e. The first-order valence-corrected chi connectivity index (χ1v) is 5.68. The van der Waals surface area contributed by atoms with Gasteiger partial charge in [0.25, 0.3) is 5.91 Å². The maximum absolute atomic E-state index is 11.5. The molecule has 0 radical (unpaired) electrons. The molecule has 15 heavy (non-hydrogen) atoms. The summed E-state index contributed by atoms with van der Waals surface area (Å²) in [6, 6.07) is 0. The number of nitrogens with zero attached hydrogens (tertiary/aromatic N) is 2. The van der Waals surface area contributed by atoms with E-state index in [-0.39, 0.29) is 5.91 Å². The SMILES string of the molecule is CC1(C)CC1CNC(=O)c1nnc(N)s1. The lowest BCUT2D eigenvalue weighted by molar-refractivity contribution is 0.0949. The van der Waals surface area contributed by atoms with E-state index in [2.05, 4.69) is 29.4 Å². The van der Waals surface area contributed by atoms with Gasteiger partial charge in [0.2, 0.25) is 10.1 Å². The number of nitrogens with two attached hydrogens (primary N) is 1. The van der Waals surface area contributed by atoms with Crippen LogP contribution < -0.4 is 11.1 Å². The van der Waals surface area contributed by atoms with Crippen molar-refractivity contribution < 1.29 is 4.79 Å². The molecular weight excluding hydrogens is 212 g/mol. The highest BCUT2D eigenvalue weighted by atomic mass is 32.1. The Bertz CT molecular complexity index is 387. The summed E-state index contributed by atoms with van der Waals surface area (Å²) in [5.41, 5.74) is 5.78. The zero-order chi connectivity index (χ0) is 11.1. The van der Waals surface area contributed by atoms with E-state index in [4.69, 9.17) is 5.73 Å². The van der Waals surface area contributed by atoms with Crippen LogP contribution in [-0.4, -0.2) is 22.6 Å². The smallest absolute Gasteiger partial charge is 0.282 e. The van der Waals surface area contributed by atoms with Crippen molar-refractivity contribution in [3.63, 3.8) is 0 Å². The van der Waals surface area contributed by atoms with Crippen molar-refractivity contribution in [2.45, 2.75) is 20.3 Å². The molecule has 5 nitrogen and oxygen atoms in total. The second kappa shape index (κ2) is 3.44. The highest BCUT2D eigenvalue weighted by Crippen LogP contribution is 2.50. The lowest BCUT2D eigenvalue weighted by Gasteiger charge is -2.03. The fourth-order valence-electron chi connectivity index (χ4n) is 1.54. The molecule has 1 amide bonds. The van der Waals surface area contributed by atoms with E-state index in [0.29, 0.717) is 28.0 Å². The first kappa shape index (κ1) is 10.4. The van der Waals surface area contributed by atoms with Gasteiger partial charge in [-0.05, 0) is 17.8 Å². The minimum Gasteiger partial charge on any atom is -0.374 e. The van der Waals surface area contributed by atoms with Gasteiger partial charge in [-0.15, -0.1) is 10.2 Å². The Labute approximate surface area is 92.1 Å². The summed E-state index contributed by atoms with van der Waals surface area (Å²) in [6.45, 7) is 5.12. The normalized spacial score (nSPS) is 22.4. The molecule has 0 aromatic carbocycles. The van der Waals surface area contributed by atoms with Crippen LogP contribution >= 0.6 is 11.3 Å². The van der Waals surface area contributed by atoms with Crippen molar-refractivity contribution in [1.82, 2.24) is 15.5 Å². The molecule has 2 rings (SSSR count). The van der Waals surface area contributed by atoms with Gasteiger partial charge in [0.05, 0.1) is 0 Å². The van der Waals surface area contributed by atoms with Crippen LogP contribution in [-0.2, 0) is 0 Å². The number of hydrogen-bond acceptors (Lipinski definition) is 5. The minimum absolute atomic E-state index is 0.174. The molecule has 1 aliphatic carbocycles. The lowest BCUT2D eigenvalue weighted by atomic mass is 10.1. The fourth-order valence-corrected chi connectivity index (χ4v) is 2.07. The predicted octanol–water partition coefficient (Wildman–Crippen LogP) is 0.896. The van der Waals surface area contributed by atoms with Crippen molar-refractivity contribution in [3.05, 3.63) is 5.01 Å². The van der Waals surface area contributed by atoms with E-state index in [1.807, 2.05) is 0 Å². The third kappa shape index (κ3) is 2.26. The molecule has 1 fully saturated rings. The number of carbonyl (C=O) groups excluding carboxylic acids is 1. The molecule has 0 saturated heterocycles. The van der Waals surface area contributed by atoms with Gasteiger partial charge in [0, 0.05) is 6.54 Å². The van der Waals surface area contributed by atoms with Crippen molar-refractivity contribution in [2.75, 3.05) is 12.3 Å². The quantitative estimate of drug-likeness (QED) is 0.802. The van der Waals surface area contributed by atoms with Crippen LogP contribution in [0.4, 0.5) is 5.13 Å². The largest absolute Gasteiger partial charge is 0.374 e. The maximum atomic E-state index is 11.5. The molecule has 1 aromatic heterocycles. The first-order chi connectivity index (χ1) is 6.99.